The van der Waals surface area contributed by atoms with Gasteiger partial charge in [-0.05, 0) is 32.3 Å². The normalized spacial score (nSPS) is 26.2. The maximum atomic E-state index is 12.5. The zero-order valence-electron chi connectivity index (χ0n) is 18.0. The fourth-order valence-electron chi connectivity index (χ4n) is 4.11. The van der Waals surface area contributed by atoms with E-state index >= 15 is 0 Å². The van der Waals surface area contributed by atoms with Gasteiger partial charge in [-0.2, -0.15) is 0 Å². The number of ether oxygens (including phenoxy) is 1. The van der Waals surface area contributed by atoms with E-state index in [1.165, 1.54) is 6.33 Å². The summed E-state index contributed by atoms with van der Waals surface area (Å²) in [6.07, 6.45) is 1.91. The van der Waals surface area contributed by atoms with Gasteiger partial charge in [-0.15, -0.1) is 0 Å². The highest BCUT2D eigenvalue weighted by molar-refractivity contribution is 6.02. The number of carbonyl (C=O) groups excluding carboxylic acids is 1. The molecule has 2 aliphatic rings. The Morgan fingerprint density at radius 3 is 2.59 bits per heavy atom. The third-order valence-corrected chi connectivity index (χ3v) is 6.12. The number of hydrogen-bond acceptors (Lipinski definition) is 7. The number of benzene rings is 1. The number of nitrogens with one attached hydrogen (secondary N) is 2. The summed E-state index contributed by atoms with van der Waals surface area (Å²) in [6.45, 7) is 3.52. The van der Waals surface area contributed by atoms with Crippen LogP contribution in [0.2, 0.25) is 0 Å². The van der Waals surface area contributed by atoms with Crippen LogP contribution in [-0.4, -0.2) is 61.1 Å². The molecule has 0 unspecified atom stereocenters. The summed E-state index contributed by atoms with van der Waals surface area (Å²) in [5.41, 5.74) is 2.31. The summed E-state index contributed by atoms with van der Waals surface area (Å²) in [4.78, 5) is 21.4. The van der Waals surface area contributed by atoms with Crippen molar-refractivity contribution in [2.24, 2.45) is 0 Å². The minimum atomic E-state index is -1.10. The second kappa shape index (κ2) is 8.16. The summed E-state index contributed by atoms with van der Waals surface area (Å²) in [5.74, 6) is 0.443. The van der Waals surface area contributed by atoms with Crippen LogP contribution >= 0.6 is 0 Å². The zero-order chi connectivity index (χ0) is 22.4. The smallest absolute Gasteiger partial charge is 0.242 e. The minimum absolute atomic E-state index is 0.0774. The second-order valence-electron chi connectivity index (χ2n) is 8.60. The van der Waals surface area contributed by atoms with Crippen LogP contribution < -0.4 is 10.6 Å². The molecule has 0 radical (unpaired) electrons. The van der Waals surface area contributed by atoms with Gasteiger partial charge in [0.15, 0.2) is 6.23 Å². The number of rotatable bonds is 6. The van der Waals surface area contributed by atoms with Crippen molar-refractivity contribution < 1.29 is 19.7 Å². The number of carbonyl (C=O) groups is 1. The van der Waals surface area contributed by atoms with Crippen molar-refractivity contribution in [1.82, 2.24) is 19.9 Å². The van der Waals surface area contributed by atoms with Gasteiger partial charge in [-0.25, -0.2) is 9.97 Å². The lowest BCUT2D eigenvalue weighted by Gasteiger charge is -2.18. The number of aliphatic hydroxyl groups is 2. The highest BCUT2D eigenvalue weighted by Crippen LogP contribution is 2.39. The van der Waals surface area contributed by atoms with E-state index in [2.05, 4.69) is 20.6 Å². The van der Waals surface area contributed by atoms with E-state index in [0.29, 0.717) is 11.5 Å². The van der Waals surface area contributed by atoms with Crippen molar-refractivity contribution in [1.29, 1.82) is 0 Å². The van der Waals surface area contributed by atoms with Crippen LogP contribution in [0.5, 0.6) is 0 Å². The number of aliphatic hydroxyl groups excluding tert-OH is 2. The Labute approximate surface area is 185 Å². The number of fused-ring (bicyclic) bond motifs is 1. The third-order valence-electron chi connectivity index (χ3n) is 6.12. The first kappa shape index (κ1) is 20.9. The summed E-state index contributed by atoms with van der Waals surface area (Å²) in [7, 11) is 0. The monoisotopic (exact) mass is 437 g/mol. The molecule has 32 heavy (non-hydrogen) atoms. The molecule has 1 saturated carbocycles. The standard InChI is InChI=1S/C23H27N5O4/c1-12(22(31)27-15-8-9-15)26-20-17-16(14-6-4-3-5-7-14)10-28(21(17)25-11-24-20)23-19(30)18(29)13(2)32-23/h3-7,10-13,15,18-19,23,29-30H,8-9H2,1-2H3,(H,27,31)(H,24,25,26)/t12-,13+,18+,19+,23+/m0/s1. The summed E-state index contributed by atoms with van der Waals surface area (Å²) in [5, 5.41) is 27.8. The molecule has 9 nitrogen and oxygen atoms in total. The van der Waals surface area contributed by atoms with Gasteiger partial charge >= 0.3 is 0 Å². The van der Waals surface area contributed by atoms with Crippen LogP contribution in [0, 0.1) is 0 Å². The molecule has 3 heterocycles. The van der Waals surface area contributed by atoms with Crippen molar-refractivity contribution in [2.45, 2.75) is 63.3 Å². The van der Waals surface area contributed by atoms with Crippen LogP contribution in [-0.2, 0) is 9.53 Å². The molecule has 168 valence electrons. The van der Waals surface area contributed by atoms with Gasteiger partial charge in [0.2, 0.25) is 5.91 Å². The van der Waals surface area contributed by atoms with Gasteiger partial charge in [0.05, 0.1) is 11.5 Å². The Bertz CT molecular complexity index is 1130. The topological polar surface area (TPSA) is 122 Å². The van der Waals surface area contributed by atoms with Crippen LogP contribution in [0.1, 0.15) is 32.9 Å². The molecule has 2 fully saturated rings. The Kier molecular flexibility index (Phi) is 5.32. The van der Waals surface area contributed by atoms with E-state index in [1.807, 2.05) is 36.5 Å². The molecule has 0 spiro atoms. The van der Waals surface area contributed by atoms with Gasteiger partial charge < -0.3 is 30.2 Å². The third kappa shape index (κ3) is 3.72. The van der Waals surface area contributed by atoms with Gasteiger partial charge in [0, 0.05) is 17.8 Å². The molecule has 1 aromatic carbocycles. The Hall–Kier alpha value is -3.01. The first-order chi connectivity index (χ1) is 15.4. The molecular formula is C23H27N5O4. The molecule has 4 N–H and O–H groups in total. The molecule has 1 amide bonds. The predicted octanol–water partition coefficient (Wildman–Crippen LogP) is 1.82. The fourth-order valence-corrected chi connectivity index (χ4v) is 4.11. The maximum Gasteiger partial charge on any atom is 0.242 e. The molecule has 0 bridgehead atoms. The van der Waals surface area contributed by atoms with E-state index in [9.17, 15) is 15.0 Å². The lowest BCUT2D eigenvalue weighted by molar-refractivity contribution is -0.121. The lowest BCUT2D eigenvalue weighted by atomic mass is 10.1. The van der Waals surface area contributed by atoms with E-state index in [0.717, 1.165) is 29.4 Å². The van der Waals surface area contributed by atoms with Gasteiger partial charge in [0.25, 0.3) is 0 Å². The molecule has 1 aliphatic carbocycles. The molecule has 5 rings (SSSR count). The Morgan fingerprint density at radius 1 is 1.19 bits per heavy atom. The van der Waals surface area contributed by atoms with Crippen molar-refractivity contribution >= 4 is 22.8 Å². The predicted molar refractivity (Wildman–Crippen MR) is 119 cm³/mol. The molecule has 3 aromatic rings. The Balaban J connectivity index is 1.59. The summed E-state index contributed by atoms with van der Waals surface area (Å²) < 4.78 is 7.59. The Morgan fingerprint density at radius 2 is 1.94 bits per heavy atom. The highest BCUT2D eigenvalue weighted by atomic mass is 16.6. The van der Waals surface area contributed by atoms with Crippen molar-refractivity contribution in [3.8, 4) is 11.1 Å². The molecule has 2 aromatic heterocycles. The highest BCUT2D eigenvalue weighted by Gasteiger charge is 2.42. The number of amides is 1. The van der Waals surface area contributed by atoms with E-state index in [1.54, 1.807) is 18.4 Å². The van der Waals surface area contributed by atoms with Crippen molar-refractivity contribution in [3.63, 3.8) is 0 Å². The van der Waals surface area contributed by atoms with Crippen molar-refractivity contribution in [3.05, 3.63) is 42.9 Å². The molecule has 1 aliphatic heterocycles. The fraction of sp³-hybridized carbons (Fsp3) is 0.435. The van der Waals surface area contributed by atoms with Crippen LogP contribution in [0.3, 0.4) is 0 Å². The summed E-state index contributed by atoms with van der Waals surface area (Å²) >= 11 is 0. The largest absolute Gasteiger partial charge is 0.388 e. The summed E-state index contributed by atoms with van der Waals surface area (Å²) in [6, 6.07) is 9.54. The maximum absolute atomic E-state index is 12.5. The molecule has 5 atom stereocenters. The SMILES string of the molecule is C[C@H](Nc1ncnc2c1c(-c1ccccc1)cn2[C@@H]1O[C@H](C)[C@@H](O)[C@H]1O)C(=O)NC1CC1. The number of aromatic nitrogens is 3. The quantitative estimate of drug-likeness (QED) is 0.464. The molecular weight excluding hydrogens is 410 g/mol. The first-order valence-electron chi connectivity index (χ1n) is 10.9. The lowest BCUT2D eigenvalue weighted by Crippen LogP contribution is -2.38. The zero-order valence-corrected chi connectivity index (χ0v) is 18.0. The minimum Gasteiger partial charge on any atom is -0.388 e. The first-order valence-corrected chi connectivity index (χ1v) is 10.9. The van der Waals surface area contributed by atoms with Crippen LogP contribution in [0.25, 0.3) is 22.2 Å². The van der Waals surface area contributed by atoms with E-state index in [4.69, 9.17) is 4.74 Å². The van der Waals surface area contributed by atoms with Gasteiger partial charge in [0.1, 0.15) is 36.0 Å². The second-order valence-corrected chi connectivity index (χ2v) is 8.60. The van der Waals surface area contributed by atoms with Crippen LogP contribution in [0.4, 0.5) is 5.82 Å². The van der Waals surface area contributed by atoms with E-state index in [-0.39, 0.29) is 11.9 Å². The number of hydrogen-bond donors (Lipinski definition) is 4. The number of anilines is 1. The average molecular weight is 438 g/mol. The van der Waals surface area contributed by atoms with E-state index < -0.39 is 30.6 Å². The average Bonchev–Trinajstić information content (AvgIpc) is 3.48. The van der Waals surface area contributed by atoms with Crippen LogP contribution in [0.15, 0.2) is 42.9 Å². The van der Waals surface area contributed by atoms with Gasteiger partial charge in [-0.3, -0.25) is 4.79 Å². The molecule has 9 heteroatoms. The van der Waals surface area contributed by atoms with Crippen molar-refractivity contribution in [2.75, 3.05) is 5.32 Å². The number of nitrogens with zero attached hydrogens (tertiary/aromatic N) is 3. The molecule has 1 saturated heterocycles. The van der Waals surface area contributed by atoms with Gasteiger partial charge in [-0.1, -0.05) is 30.3 Å².